The molecule has 0 spiro atoms. The van der Waals surface area contributed by atoms with E-state index in [1.807, 2.05) is 0 Å². The Labute approximate surface area is 65.6 Å². The number of halogens is 2. The van der Waals surface area contributed by atoms with Crippen molar-refractivity contribution in [2.75, 3.05) is 13.1 Å². The smallest absolute Gasteiger partial charge is 0.250 e. The number of aliphatic hydroxyl groups is 1. The summed E-state index contributed by atoms with van der Waals surface area (Å²) in [6.07, 6.45) is -1.82. The van der Waals surface area contributed by atoms with Gasteiger partial charge in [-0.2, -0.15) is 0 Å². The first kappa shape index (κ1) is 10.8. The third-order valence-corrected chi connectivity index (χ3v) is 1.21. The van der Waals surface area contributed by atoms with Crippen LogP contribution in [0.25, 0.3) is 0 Å². The van der Waals surface area contributed by atoms with Gasteiger partial charge in [-0.15, -0.1) is 0 Å². The monoisotopic (exact) mass is 167 g/mol. The average Bonchev–Trinajstić information content (AvgIpc) is 1.78. The molecular formula is C7H15F2NO. The molecule has 0 heterocycles. The van der Waals surface area contributed by atoms with Crippen molar-refractivity contribution in [2.24, 2.45) is 0 Å². The van der Waals surface area contributed by atoms with E-state index >= 15 is 0 Å². The van der Waals surface area contributed by atoms with E-state index in [9.17, 15) is 8.78 Å². The summed E-state index contributed by atoms with van der Waals surface area (Å²) in [6, 6.07) is 0. The van der Waals surface area contributed by atoms with Crippen LogP contribution in [0.4, 0.5) is 8.78 Å². The Morgan fingerprint density at radius 1 is 1.45 bits per heavy atom. The van der Waals surface area contributed by atoms with Crippen molar-refractivity contribution in [1.29, 1.82) is 0 Å². The maximum absolute atomic E-state index is 11.5. The van der Waals surface area contributed by atoms with Crippen molar-refractivity contribution < 1.29 is 13.9 Å². The molecule has 0 aliphatic rings. The van der Waals surface area contributed by atoms with Crippen LogP contribution in [0.3, 0.4) is 0 Å². The molecule has 0 fully saturated rings. The molecule has 0 atom stereocenters. The second-order valence-corrected chi connectivity index (χ2v) is 3.16. The maximum Gasteiger partial charge on any atom is 0.250 e. The van der Waals surface area contributed by atoms with Crippen LogP contribution in [0.1, 0.15) is 20.3 Å². The van der Waals surface area contributed by atoms with E-state index in [1.165, 1.54) is 0 Å². The number of hydrogen-bond acceptors (Lipinski definition) is 2. The van der Waals surface area contributed by atoms with Gasteiger partial charge in [0.2, 0.25) is 0 Å². The molecule has 2 N–H and O–H groups in total. The molecule has 0 bridgehead atoms. The Morgan fingerprint density at radius 3 is 2.36 bits per heavy atom. The van der Waals surface area contributed by atoms with Gasteiger partial charge in [0.25, 0.3) is 6.43 Å². The SMILES string of the molecule is CC(C)(O)CCNCC(F)F. The molecule has 11 heavy (non-hydrogen) atoms. The van der Waals surface area contributed by atoms with Crippen molar-refractivity contribution in [2.45, 2.75) is 32.3 Å². The lowest BCUT2D eigenvalue weighted by molar-refractivity contribution is 0.0686. The number of hydrogen-bond donors (Lipinski definition) is 2. The first-order chi connectivity index (χ1) is 4.92. The Balaban J connectivity index is 3.15. The molecule has 0 radical (unpaired) electrons. The molecule has 2 nitrogen and oxygen atoms in total. The fourth-order valence-electron chi connectivity index (χ4n) is 0.605. The Kier molecular flexibility index (Phi) is 4.52. The molecule has 0 aromatic heterocycles. The highest BCUT2D eigenvalue weighted by Crippen LogP contribution is 2.04. The van der Waals surface area contributed by atoms with Crippen molar-refractivity contribution >= 4 is 0 Å². The summed E-state index contributed by atoms with van der Waals surface area (Å²) in [4.78, 5) is 0. The zero-order chi connectivity index (χ0) is 8.91. The highest BCUT2D eigenvalue weighted by molar-refractivity contribution is 4.66. The number of nitrogens with one attached hydrogen (secondary N) is 1. The van der Waals surface area contributed by atoms with Gasteiger partial charge in [0.15, 0.2) is 0 Å². The van der Waals surface area contributed by atoms with E-state index < -0.39 is 12.0 Å². The van der Waals surface area contributed by atoms with Gasteiger partial charge in [0.05, 0.1) is 12.1 Å². The highest BCUT2D eigenvalue weighted by Gasteiger charge is 2.11. The van der Waals surface area contributed by atoms with Crippen LogP contribution in [0.15, 0.2) is 0 Å². The van der Waals surface area contributed by atoms with Crippen LogP contribution in [-0.4, -0.2) is 30.2 Å². The second kappa shape index (κ2) is 4.62. The predicted molar refractivity (Wildman–Crippen MR) is 39.8 cm³/mol. The van der Waals surface area contributed by atoms with Gasteiger partial charge in [-0.1, -0.05) is 0 Å². The molecule has 0 saturated carbocycles. The van der Waals surface area contributed by atoms with Crippen LogP contribution in [-0.2, 0) is 0 Å². The third kappa shape index (κ3) is 9.78. The van der Waals surface area contributed by atoms with E-state index in [4.69, 9.17) is 5.11 Å². The topological polar surface area (TPSA) is 32.3 Å². The fourth-order valence-corrected chi connectivity index (χ4v) is 0.605. The Morgan fingerprint density at radius 2 is 2.00 bits per heavy atom. The minimum atomic E-state index is -2.31. The third-order valence-electron chi connectivity index (χ3n) is 1.21. The van der Waals surface area contributed by atoms with Crippen LogP contribution < -0.4 is 5.32 Å². The van der Waals surface area contributed by atoms with Crippen LogP contribution in [0.5, 0.6) is 0 Å². The molecule has 0 unspecified atom stereocenters. The number of alkyl halides is 2. The normalized spacial score (nSPS) is 12.5. The first-order valence-corrected chi connectivity index (χ1v) is 3.63. The molecule has 0 rings (SSSR count). The van der Waals surface area contributed by atoms with Crippen LogP contribution in [0, 0.1) is 0 Å². The van der Waals surface area contributed by atoms with Crippen LogP contribution in [0.2, 0.25) is 0 Å². The van der Waals surface area contributed by atoms with Gasteiger partial charge in [-0.05, 0) is 26.8 Å². The van der Waals surface area contributed by atoms with E-state index in [0.29, 0.717) is 13.0 Å². The van der Waals surface area contributed by atoms with Crippen LogP contribution >= 0.6 is 0 Å². The second-order valence-electron chi connectivity index (χ2n) is 3.16. The summed E-state index contributed by atoms with van der Waals surface area (Å²) in [5, 5.41) is 11.7. The summed E-state index contributed by atoms with van der Waals surface area (Å²) in [7, 11) is 0. The van der Waals surface area contributed by atoms with Crippen molar-refractivity contribution in [3.05, 3.63) is 0 Å². The molecule has 0 aromatic carbocycles. The van der Waals surface area contributed by atoms with E-state index in [0.717, 1.165) is 0 Å². The predicted octanol–water partition coefficient (Wildman–Crippen LogP) is 1.00. The van der Waals surface area contributed by atoms with Crippen molar-refractivity contribution in [1.82, 2.24) is 5.32 Å². The largest absolute Gasteiger partial charge is 0.390 e. The standard InChI is InChI=1S/C7H15F2NO/c1-7(2,11)3-4-10-5-6(8)9/h6,10-11H,3-5H2,1-2H3. The van der Waals surface area contributed by atoms with Crippen molar-refractivity contribution in [3.63, 3.8) is 0 Å². The van der Waals surface area contributed by atoms with Gasteiger partial charge in [0, 0.05) is 0 Å². The molecule has 0 aliphatic heterocycles. The lowest BCUT2D eigenvalue weighted by Gasteiger charge is -2.16. The lowest BCUT2D eigenvalue weighted by Crippen LogP contribution is -2.29. The molecule has 0 aliphatic carbocycles. The Hall–Kier alpha value is -0.220. The fraction of sp³-hybridized carbons (Fsp3) is 1.00. The summed E-state index contributed by atoms with van der Waals surface area (Å²) >= 11 is 0. The average molecular weight is 167 g/mol. The quantitative estimate of drug-likeness (QED) is 0.599. The summed E-state index contributed by atoms with van der Waals surface area (Å²) in [5.74, 6) is 0. The minimum absolute atomic E-state index is 0.296. The Bertz CT molecular complexity index is 101. The molecule has 0 aromatic rings. The summed E-state index contributed by atoms with van der Waals surface area (Å²) < 4.78 is 23.1. The minimum Gasteiger partial charge on any atom is -0.390 e. The summed E-state index contributed by atoms with van der Waals surface area (Å²) in [6.45, 7) is 3.43. The summed E-state index contributed by atoms with van der Waals surface area (Å²) in [5.41, 5.74) is -0.769. The van der Waals surface area contributed by atoms with Crippen molar-refractivity contribution in [3.8, 4) is 0 Å². The van der Waals surface area contributed by atoms with Gasteiger partial charge < -0.3 is 10.4 Å². The molecule has 68 valence electrons. The van der Waals surface area contributed by atoms with E-state index in [2.05, 4.69) is 5.32 Å². The molecule has 4 heteroatoms. The van der Waals surface area contributed by atoms with Gasteiger partial charge in [-0.3, -0.25) is 0 Å². The van der Waals surface area contributed by atoms with E-state index in [-0.39, 0.29) is 6.54 Å². The van der Waals surface area contributed by atoms with E-state index in [1.54, 1.807) is 13.8 Å². The highest BCUT2D eigenvalue weighted by atomic mass is 19.3. The van der Waals surface area contributed by atoms with Gasteiger partial charge in [0.1, 0.15) is 0 Å². The number of rotatable bonds is 5. The van der Waals surface area contributed by atoms with Gasteiger partial charge in [-0.25, -0.2) is 8.78 Å². The molecule has 0 amide bonds. The zero-order valence-corrected chi connectivity index (χ0v) is 6.90. The van der Waals surface area contributed by atoms with Gasteiger partial charge >= 0.3 is 0 Å². The maximum atomic E-state index is 11.5. The first-order valence-electron chi connectivity index (χ1n) is 3.63. The molecule has 0 saturated heterocycles. The zero-order valence-electron chi connectivity index (χ0n) is 6.90. The molecular weight excluding hydrogens is 152 g/mol. The lowest BCUT2D eigenvalue weighted by atomic mass is 10.1.